The number of piperidine rings is 1. The van der Waals surface area contributed by atoms with Gasteiger partial charge in [0.1, 0.15) is 23.9 Å². The number of carbonyl (C=O) groups excluding carboxylic acids is 2. The summed E-state index contributed by atoms with van der Waals surface area (Å²) in [5, 5.41) is 34.0. The normalized spacial score (nSPS) is 14.9. The first kappa shape index (κ1) is 42.8. The number of benzene rings is 5. The molecule has 0 amide bonds. The molecule has 0 aliphatic carbocycles. The molecule has 4 N–H and O–H groups in total. The molecule has 2 atom stereocenters. The Hall–Kier alpha value is -6.27. The number of ketones is 1. The topological polar surface area (TPSA) is 159 Å². The molecular formula is C50H52N2O9. The first-order valence-electron chi connectivity index (χ1n) is 20.8. The number of aromatic hydroxyl groups is 1. The summed E-state index contributed by atoms with van der Waals surface area (Å²) in [6.07, 6.45) is 2.71. The smallest absolute Gasteiger partial charge is 0.347 e. The molecule has 5 aromatic carbocycles. The Labute approximate surface area is 355 Å². The summed E-state index contributed by atoms with van der Waals surface area (Å²) >= 11 is 0. The quantitative estimate of drug-likeness (QED) is 0.0655. The highest BCUT2D eigenvalue weighted by molar-refractivity contribution is 5.87. The number of nitrogens with one attached hydrogen (secondary N) is 1. The molecule has 11 nitrogen and oxygen atoms in total. The summed E-state index contributed by atoms with van der Waals surface area (Å²) in [4.78, 5) is 43.9. The molecule has 316 valence electrons. The van der Waals surface area contributed by atoms with E-state index in [1.807, 2.05) is 42.5 Å². The van der Waals surface area contributed by atoms with Crippen LogP contribution in [0.4, 0.5) is 0 Å². The molecule has 0 radical (unpaired) electrons. The van der Waals surface area contributed by atoms with E-state index in [-0.39, 0.29) is 48.2 Å². The molecule has 1 aliphatic heterocycles. The Balaban J connectivity index is 0.929. The number of methoxy groups -OCH3 is 1. The number of aliphatic hydroxyl groups excluding tert-OH is 1. The fourth-order valence-electron chi connectivity index (χ4n) is 8.08. The lowest BCUT2D eigenvalue weighted by atomic mass is 9.86. The van der Waals surface area contributed by atoms with Crippen LogP contribution in [-0.4, -0.2) is 70.4 Å². The molecule has 61 heavy (non-hydrogen) atoms. The zero-order valence-corrected chi connectivity index (χ0v) is 34.3. The number of esters is 1. The summed E-state index contributed by atoms with van der Waals surface area (Å²) in [6.45, 7) is 2.66. The monoisotopic (exact) mass is 824 g/mol. The second-order valence-corrected chi connectivity index (χ2v) is 15.8. The molecule has 6 aromatic rings. The molecule has 7 rings (SSSR count). The number of fused-ring (bicyclic) bond motifs is 1. The van der Waals surface area contributed by atoms with Crippen molar-refractivity contribution in [1.29, 1.82) is 0 Å². The largest absolute Gasteiger partial charge is 0.506 e. The highest BCUT2D eigenvalue weighted by atomic mass is 16.6. The lowest BCUT2D eigenvalue weighted by molar-refractivity contribution is -0.164. The van der Waals surface area contributed by atoms with E-state index in [1.165, 1.54) is 17.7 Å². The van der Waals surface area contributed by atoms with Gasteiger partial charge in [-0.15, -0.1) is 0 Å². The van der Waals surface area contributed by atoms with E-state index in [1.54, 1.807) is 67.8 Å². The second-order valence-electron chi connectivity index (χ2n) is 15.8. The number of rotatable bonds is 18. The average molecular weight is 825 g/mol. The predicted octanol–water partition coefficient (Wildman–Crippen LogP) is 7.18. The fourth-order valence-corrected chi connectivity index (χ4v) is 8.08. The van der Waals surface area contributed by atoms with Crippen molar-refractivity contribution in [2.45, 2.75) is 56.8 Å². The SMILES string of the molecule is COc1cc(CC(=O)COc2cccc([C@](O)(C(=O)OCC3CCN(Cc4ccccc4)CC3)c3ccccc3)c2)ccc1CCC[C@H](O)c1ccc(O)c2[nH]c(=O)ccc12. The minimum Gasteiger partial charge on any atom is -0.506 e. The standard InChI is InChI=1S/C50H52N2O9/c1-59-46-29-36(18-19-37(46)12-8-17-44(54)42-20-22-45(55)48-43(42)21-23-47(56)51-48)28-40(53)33-60-41-16-9-15-39(30-41)50(58,38-13-6-3-7-14-38)49(57)61-32-35-24-26-52(27-25-35)31-34-10-4-2-5-11-34/h2-7,9-11,13-16,18-23,29-30,35,44,54-55,58H,8,12,17,24-28,31-33H2,1H3,(H,51,56)/t44-,50-/m0/s1. The van der Waals surface area contributed by atoms with Crippen LogP contribution in [0, 0.1) is 5.92 Å². The van der Waals surface area contributed by atoms with E-state index in [0.29, 0.717) is 52.8 Å². The number of hydrogen-bond donors (Lipinski definition) is 4. The van der Waals surface area contributed by atoms with Gasteiger partial charge in [-0.1, -0.05) is 91.0 Å². The Bertz CT molecular complexity index is 2480. The molecule has 0 bridgehead atoms. The number of nitrogens with zero attached hydrogens (tertiary/aromatic N) is 1. The number of aliphatic hydroxyl groups is 2. The zero-order chi connectivity index (χ0) is 42.8. The lowest BCUT2D eigenvalue weighted by Gasteiger charge is -2.33. The van der Waals surface area contributed by atoms with Crippen LogP contribution in [0.3, 0.4) is 0 Å². The Morgan fingerprint density at radius 3 is 2.34 bits per heavy atom. The van der Waals surface area contributed by atoms with Crippen molar-refractivity contribution in [3.63, 3.8) is 0 Å². The minimum absolute atomic E-state index is 0.0597. The van der Waals surface area contributed by atoms with Gasteiger partial charge < -0.3 is 34.5 Å². The molecular weight excluding hydrogens is 773 g/mol. The highest BCUT2D eigenvalue weighted by Crippen LogP contribution is 2.35. The molecule has 11 heteroatoms. The maximum Gasteiger partial charge on any atom is 0.347 e. The average Bonchev–Trinajstić information content (AvgIpc) is 3.29. The maximum absolute atomic E-state index is 13.9. The van der Waals surface area contributed by atoms with E-state index in [0.717, 1.165) is 43.6 Å². The van der Waals surface area contributed by atoms with E-state index in [9.17, 15) is 29.7 Å². The molecule has 2 heterocycles. The third kappa shape index (κ3) is 10.6. The highest BCUT2D eigenvalue weighted by Gasteiger charge is 2.42. The number of hydrogen-bond acceptors (Lipinski definition) is 10. The Kier molecular flexibility index (Phi) is 13.9. The second kappa shape index (κ2) is 19.9. The number of phenolic OH excluding ortho intramolecular Hbond substituents is 1. The third-order valence-electron chi connectivity index (χ3n) is 11.5. The number of aromatic amines is 1. The number of Topliss-reactive ketones (excluding diaryl/α,β-unsaturated/α-hetero) is 1. The van der Waals surface area contributed by atoms with Crippen LogP contribution in [0.25, 0.3) is 10.9 Å². The number of likely N-dealkylation sites (tertiary alicyclic amines) is 1. The van der Waals surface area contributed by atoms with Gasteiger partial charge in [0.2, 0.25) is 11.2 Å². The van der Waals surface area contributed by atoms with E-state index in [4.69, 9.17) is 14.2 Å². The Morgan fingerprint density at radius 1 is 0.852 bits per heavy atom. The molecule has 0 saturated carbocycles. The number of aromatic nitrogens is 1. The van der Waals surface area contributed by atoms with Gasteiger partial charge in [0.05, 0.1) is 25.3 Å². The molecule has 1 aromatic heterocycles. The van der Waals surface area contributed by atoms with Crippen LogP contribution in [0.5, 0.6) is 17.2 Å². The van der Waals surface area contributed by atoms with Crippen molar-refractivity contribution in [1.82, 2.24) is 9.88 Å². The van der Waals surface area contributed by atoms with Gasteiger partial charge in [-0.05, 0) is 109 Å². The van der Waals surface area contributed by atoms with Crippen molar-refractivity contribution in [3.05, 3.63) is 171 Å². The first-order valence-corrected chi connectivity index (χ1v) is 20.8. The van der Waals surface area contributed by atoms with Crippen LogP contribution >= 0.6 is 0 Å². The van der Waals surface area contributed by atoms with Gasteiger partial charge in [-0.2, -0.15) is 0 Å². The summed E-state index contributed by atoms with van der Waals surface area (Å²) in [5.41, 5.74) is 2.04. The van der Waals surface area contributed by atoms with Crippen LogP contribution in [0.1, 0.15) is 65.2 Å². The van der Waals surface area contributed by atoms with Crippen LogP contribution in [0.15, 0.2) is 132 Å². The van der Waals surface area contributed by atoms with Crippen LogP contribution in [-0.2, 0) is 39.3 Å². The predicted molar refractivity (Wildman–Crippen MR) is 233 cm³/mol. The van der Waals surface area contributed by atoms with Gasteiger partial charge in [0, 0.05) is 30.0 Å². The molecule has 0 unspecified atom stereocenters. The number of phenols is 1. The van der Waals surface area contributed by atoms with Gasteiger partial charge >= 0.3 is 5.97 Å². The number of H-pyrrole nitrogens is 1. The van der Waals surface area contributed by atoms with Gasteiger partial charge in [0.25, 0.3) is 0 Å². The van der Waals surface area contributed by atoms with Crippen molar-refractivity contribution in [2.24, 2.45) is 5.92 Å². The molecule has 1 aliphatic rings. The van der Waals surface area contributed by atoms with Gasteiger partial charge in [0.15, 0.2) is 5.78 Å². The Morgan fingerprint density at radius 2 is 1.59 bits per heavy atom. The van der Waals surface area contributed by atoms with E-state index in [2.05, 4.69) is 22.0 Å². The summed E-state index contributed by atoms with van der Waals surface area (Å²) in [7, 11) is 1.57. The van der Waals surface area contributed by atoms with Crippen molar-refractivity contribution in [3.8, 4) is 17.2 Å². The summed E-state index contributed by atoms with van der Waals surface area (Å²) in [5.74, 6) is 0.121. The number of carbonyl (C=O) groups is 2. The van der Waals surface area contributed by atoms with Crippen molar-refractivity contribution in [2.75, 3.05) is 33.4 Å². The third-order valence-corrected chi connectivity index (χ3v) is 11.5. The van der Waals surface area contributed by atoms with Crippen LogP contribution < -0.4 is 15.0 Å². The van der Waals surface area contributed by atoms with Crippen LogP contribution in [0.2, 0.25) is 0 Å². The number of pyridine rings is 1. The maximum atomic E-state index is 13.9. The van der Waals surface area contributed by atoms with Gasteiger partial charge in [-0.3, -0.25) is 14.5 Å². The lowest BCUT2D eigenvalue weighted by Crippen LogP contribution is -2.40. The summed E-state index contributed by atoms with van der Waals surface area (Å²) < 4.78 is 17.5. The van der Waals surface area contributed by atoms with E-state index >= 15 is 0 Å². The molecule has 1 saturated heterocycles. The summed E-state index contributed by atoms with van der Waals surface area (Å²) in [6, 6.07) is 37.4. The first-order chi connectivity index (χ1) is 29.6. The van der Waals surface area contributed by atoms with Gasteiger partial charge in [-0.25, -0.2) is 4.79 Å². The van der Waals surface area contributed by atoms with Crippen molar-refractivity contribution >= 4 is 22.7 Å². The minimum atomic E-state index is -2.10. The molecule has 0 spiro atoms. The number of ether oxygens (including phenoxy) is 3. The fraction of sp³-hybridized carbons (Fsp3) is 0.300. The zero-order valence-electron chi connectivity index (χ0n) is 34.3. The van der Waals surface area contributed by atoms with E-state index < -0.39 is 17.7 Å². The van der Waals surface area contributed by atoms with Crippen molar-refractivity contribution < 1.29 is 39.1 Å². The number of aryl methyl sites for hydroxylation is 1. The molecule has 1 fully saturated rings.